The van der Waals surface area contributed by atoms with E-state index in [1.807, 2.05) is 0 Å². The topological polar surface area (TPSA) is 12.9 Å². The molecule has 1 heterocycles. The van der Waals surface area contributed by atoms with Crippen LogP contribution in [0.1, 0.15) is 17.7 Å². The predicted molar refractivity (Wildman–Crippen MR) is 45.8 cm³/mol. The molecular weight excluding hydrogens is 191 g/mol. The number of aryl methyl sites for hydroxylation is 1. The molecule has 1 aromatic rings. The van der Waals surface area contributed by atoms with E-state index in [1.165, 1.54) is 0 Å². The van der Waals surface area contributed by atoms with Crippen LogP contribution in [-0.4, -0.2) is 11.2 Å². The number of alkyl halides is 3. The van der Waals surface area contributed by atoms with Crippen molar-refractivity contribution in [3.05, 3.63) is 29.6 Å². The lowest BCUT2D eigenvalue weighted by molar-refractivity contribution is -0.177. The number of fused-ring (bicyclic) bond motifs is 1. The molecule has 0 spiro atoms. The average Bonchev–Trinajstić information content (AvgIpc) is 2.16. The van der Waals surface area contributed by atoms with Gasteiger partial charge in [-0.2, -0.15) is 13.2 Å². The third kappa shape index (κ3) is 1.74. The van der Waals surface area contributed by atoms with Crippen molar-refractivity contribution < 1.29 is 13.2 Å². The largest absolute Gasteiger partial charge is 0.392 e. The number of halogens is 3. The minimum absolute atomic E-state index is 0.0900. The molecule has 14 heavy (non-hydrogen) atoms. The fraction of sp³-hybridized carbons (Fsp3) is 0.500. The smallest absolute Gasteiger partial charge is 0.261 e. The van der Waals surface area contributed by atoms with Gasteiger partial charge in [-0.05, 0) is 30.9 Å². The normalized spacial score (nSPS) is 21.8. The van der Waals surface area contributed by atoms with E-state index in [0.29, 0.717) is 6.42 Å². The number of rotatable bonds is 0. The monoisotopic (exact) mass is 201 g/mol. The summed E-state index contributed by atoms with van der Waals surface area (Å²) in [6.07, 6.45) is -1.72. The van der Waals surface area contributed by atoms with Crippen molar-refractivity contribution in [1.29, 1.82) is 0 Å². The first kappa shape index (κ1) is 9.49. The maximum Gasteiger partial charge on any atom is 0.392 e. The SMILES string of the molecule is FC(F)(F)C1CCc2ncccc2C1. The summed E-state index contributed by atoms with van der Waals surface area (Å²) < 4.78 is 37.2. The third-order valence-electron chi connectivity index (χ3n) is 2.64. The average molecular weight is 201 g/mol. The van der Waals surface area contributed by atoms with Gasteiger partial charge in [0, 0.05) is 11.9 Å². The molecule has 0 aliphatic heterocycles. The van der Waals surface area contributed by atoms with Crippen molar-refractivity contribution in [3.8, 4) is 0 Å². The first-order valence-electron chi connectivity index (χ1n) is 4.57. The van der Waals surface area contributed by atoms with Crippen molar-refractivity contribution in [2.45, 2.75) is 25.4 Å². The summed E-state index contributed by atoms with van der Waals surface area (Å²) in [5.74, 6) is -1.18. The number of nitrogens with zero attached hydrogens (tertiary/aromatic N) is 1. The quantitative estimate of drug-likeness (QED) is 0.629. The first-order chi connectivity index (χ1) is 6.57. The Morgan fingerprint density at radius 1 is 1.36 bits per heavy atom. The molecule has 1 unspecified atom stereocenters. The summed E-state index contributed by atoms with van der Waals surface area (Å²) in [5.41, 5.74) is 1.58. The molecular formula is C10H10F3N. The van der Waals surface area contributed by atoms with Crippen LogP contribution in [0.3, 0.4) is 0 Å². The molecule has 1 aromatic heterocycles. The van der Waals surface area contributed by atoms with Crippen LogP contribution in [0.15, 0.2) is 18.3 Å². The molecule has 0 fully saturated rings. The Kier molecular flexibility index (Phi) is 2.21. The molecule has 4 heteroatoms. The van der Waals surface area contributed by atoms with E-state index in [2.05, 4.69) is 4.98 Å². The second kappa shape index (κ2) is 3.26. The summed E-state index contributed by atoms with van der Waals surface area (Å²) >= 11 is 0. The molecule has 0 radical (unpaired) electrons. The van der Waals surface area contributed by atoms with Gasteiger partial charge in [-0.1, -0.05) is 6.07 Å². The molecule has 0 saturated heterocycles. The van der Waals surface area contributed by atoms with Gasteiger partial charge >= 0.3 is 6.18 Å². The minimum atomic E-state index is -4.06. The van der Waals surface area contributed by atoms with Gasteiger partial charge in [-0.15, -0.1) is 0 Å². The summed E-state index contributed by atoms with van der Waals surface area (Å²) in [4.78, 5) is 4.07. The van der Waals surface area contributed by atoms with E-state index in [9.17, 15) is 13.2 Å². The lowest BCUT2D eigenvalue weighted by Crippen LogP contribution is -2.29. The highest BCUT2D eigenvalue weighted by atomic mass is 19.4. The van der Waals surface area contributed by atoms with Gasteiger partial charge in [0.1, 0.15) is 0 Å². The van der Waals surface area contributed by atoms with Gasteiger partial charge in [-0.25, -0.2) is 0 Å². The zero-order valence-corrected chi connectivity index (χ0v) is 7.51. The van der Waals surface area contributed by atoms with Crippen LogP contribution in [0, 0.1) is 5.92 Å². The number of pyridine rings is 1. The Morgan fingerprint density at radius 2 is 2.14 bits per heavy atom. The van der Waals surface area contributed by atoms with E-state index in [0.717, 1.165) is 11.3 Å². The van der Waals surface area contributed by atoms with Gasteiger partial charge in [0.15, 0.2) is 0 Å². The summed E-state index contributed by atoms with van der Waals surface area (Å²) in [5, 5.41) is 0. The summed E-state index contributed by atoms with van der Waals surface area (Å²) in [7, 11) is 0. The molecule has 1 aliphatic carbocycles. The Morgan fingerprint density at radius 3 is 2.86 bits per heavy atom. The van der Waals surface area contributed by atoms with E-state index in [1.54, 1.807) is 18.3 Å². The van der Waals surface area contributed by atoms with E-state index < -0.39 is 12.1 Å². The van der Waals surface area contributed by atoms with Gasteiger partial charge in [0.25, 0.3) is 0 Å². The van der Waals surface area contributed by atoms with Crippen LogP contribution in [-0.2, 0) is 12.8 Å². The van der Waals surface area contributed by atoms with E-state index >= 15 is 0 Å². The fourth-order valence-electron chi connectivity index (χ4n) is 1.84. The van der Waals surface area contributed by atoms with Gasteiger partial charge in [-0.3, -0.25) is 4.98 Å². The molecule has 0 N–H and O–H groups in total. The number of aromatic nitrogens is 1. The highest BCUT2D eigenvalue weighted by Crippen LogP contribution is 2.36. The van der Waals surface area contributed by atoms with Crippen LogP contribution in [0.5, 0.6) is 0 Å². The standard InChI is InChI=1S/C10H10F3N/c11-10(12,13)8-3-4-9-7(6-8)2-1-5-14-9/h1-2,5,8H,3-4,6H2. The van der Waals surface area contributed by atoms with Crippen molar-refractivity contribution in [2.24, 2.45) is 5.92 Å². The van der Waals surface area contributed by atoms with Crippen molar-refractivity contribution in [1.82, 2.24) is 4.98 Å². The van der Waals surface area contributed by atoms with Crippen molar-refractivity contribution in [3.63, 3.8) is 0 Å². The third-order valence-corrected chi connectivity index (χ3v) is 2.64. The van der Waals surface area contributed by atoms with Crippen LogP contribution >= 0.6 is 0 Å². The number of hydrogen-bond donors (Lipinski definition) is 0. The van der Waals surface area contributed by atoms with Crippen LogP contribution in [0.25, 0.3) is 0 Å². The van der Waals surface area contributed by atoms with E-state index in [-0.39, 0.29) is 12.8 Å². The Hall–Kier alpha value is -1.06. The van der Waals surface area contributed by atoms with Crippen molar-refractivity contribution >= 4 is 0 Å². The molecule has 1 aliphatic rings. The molecule has 0 bridgehead atoms. The molecule has 1 nitrogen and oxygen atoms in total. The fourth-order valence-corrected chi connectivity index (χ4v) is 1.84. The van der Waals surface area contributed by atoms with Gasteiger partial charge < -0.3 is 0 Å². The lowest BCUT2D eigenvalue weighted by Gasteiger charge is -2.25. The molecule has 0 amide bonds. The minimum Gasteiger partial charge on any atom is -0.261 e. The predicted octanol–water partition coefficient (Wildman–Crippen LogP) is 2.75. The second-order valence-electron chi connectivity index (χ2n) is 3.59. The molecule has 2 rings (SSSR count). The maximum absolute atomic E-state index is 12.4. The summed E-state index contributed by atoms with van der Waals surface area (Å²) in [6, 6.07) is 3.43. The zero-order chi connectivity index (χ0) is 10.2. The molecule has 76 valence electrons. The van der Waals surface area contributed by atoms with Gasteiger partial charge in [0.05, 0.1) is 5.92 Å². The van der Waals surface area contributed by atoms with Gasteiger partial charge in [0.2, 0.25) is 0 Å². The Bertz CT molecular complexity index is 332. The lowest BCUT2D eigenvalue weighted by atomic mass is 9.86. The Balaban J connectivity index is 2.22. The summed E-state index contributed by atoms with van der Waals surface area (Å²) in [6.45, 7) is 0. The van der Waals surface area contributed by atoms with Crippen LogP contribution in [0.2, 0.25) is 0 Å². The highest BCUT2D eigenvalue weighted by Gasteiger charge is 2.41. The first-order valence-corrected chi connectivity index (χ1v) is 4.57. The van der Waals surface area contributed by atoms with Crippen LogP contribution < -0.4 is 0 Å². The molecule has 1 atom stereocenters. The zero-order valence-electron chi connectivity index (χ0n) is 7.51. The number of hydrogen-bond acceptors (Lipinski definition) is 1. The maximum atomic E-state index is 12.4. The van der Waals surface area contributed by atoms with Crippen molar-refractivity contribution in [2.75, 3.05) is 0 Å². The molecule has 0 saturated carbocycles. The molecule has 0 aromatic carbocycles. The van der Waals surface area contributed by atoms with E-state index in [4.69, 9.17) is 0 Å². The second-order valence-corrected chi connectivity index (χ2v) is 3.59. The highest BCUT2D eigenvalue weighted by molar-refractivity contribution is 5.23. The Labute approximate surface area is 80.0 Å². The van der Waals surface area contributed by atoms with Crippen LogP contribution in [0.4, 0.5) is 13.2 Å².